The first-order valence-corrected chi connectivity index (χ1v) is 6.60. The topological polar surface area (TPSA) is 52.8 Å². The van der Waals surface area contributed by atoms with E-state index in [4.69, 9.17) is 27.9 Å². The fraction of sp³-hybridized carbons (Fsp3) is 0.154. The smallest absolute Gasteiger partial charge is 0.225 e. The molecule has 1 aromatic carbocycles. The van der Waals surface area contributed by atoms with Crippen molar-refractivity contribution in [1.82, 2.24) is 19.5 Å². The van der Waals surface area contributed by atoms with Gasteiger partial charge in [0.25, 0.3) is 0 Å². The summed E-state index contributed by atoms with van der Waals surface area (Å²) in [5, 5.41) is 0.360. The van der Waals surface area contributed by atoms with Gasteiger partial charge in [0, 0.05) is 0 Å². The minimum absolute atomic E-state index is 0.106. The lowest BCUT2D eigenvalue weighted by Crippen LogP contribution is -2.00. The highest BCUT2D eigenvalue weighted by molar-refractivity contribution is 6.35. The fourth-order valence-corrected chi connectivity index (χ4v) is 2.39. The van der Waals surface area contributed by atoms with Crippen LogP contribution in [0.4, 0.5) is 0 Å². The Labute approximate surface area is 125 Å². The summed E-state index contributed by atoms with van der Waals surface area (Å²) in [6.07, 6.45) is 1.67. The van der Waals surface area contributed by atoms with Gasteiger partial charge in [0.15, 0.2) is 10.8 Å². The maximum Gasteiger partial charge on any atom is 0.225 e. The minimum Gasteiger partial charge on any atom is -0.497 e. The second-order valence-corrected chi connectivity index (χ2v) is 4.88. The largest absolute Gasteiger partial charge is 0.497 e. The molecule has 0 spiro atoms. The lowest BCUT2D eigenvalue weighted by Gasteiger charge is -2.06. The number of ether oxygens (including phenoxy) is 1. The van der Waals surface area contributed by atoms with Crippen LogP contribution in [0.1, 0.15) is 5.56 Å². The van der Waals surface area contributed by atoms with Gasteiger partial charge in [0.2, 0.25) is 5.28 Å². The van der Waals surface area contributed by atoms with Gasteiger partial charge in [-0.05, 0) is 29.3 Å². The molecule has 0 radical (unpaired) electrons. The molecular weight excluding hydrogens is 299 g/mol. The first-order chi connectivity index (χ1) is 9.67. The van der Waals surface area contributed by atoms with Crippen LogP contribution >= 0.6 is 23.2 Å². The van der Waals surface area contributed by atoms with Crippen molar-refractivity contribution in [3.8, 4) is 5.75 Å². The van der Waals surface area contributed by atoms with Gasteiger partial charge in [-0.3, -0.25) is 0 Å². The molecule has 0 saturated carbocycles. The molecular formula is C13H10Cl2N4O. The number of imidazole rings is 1. The molecule has 0 fully saturated rings. The second-order valence-electron chi connectivity index (χ2n) is 4.18. The Kier molecular flexibility index (Phi) is 3.46. The van der Waals surface area contributed by atoms with E-state index >= 15 is 0 Å². The number of benzene rings is 1. The molecule has 0 bridgehead atoms. The summed E-state index contributed by atoms with van der Waals surface area (Å²) in [5.41, 5.74) is 2.21. The van der Waals surface area contributed by atoms with Gasteiger partial charge in [-0.1, -0.05) is 23.7 Å². The number of hydrogen-bond donors (Lipinski definition) is 0. The van der Waals surface area contributed by atoms with Crippen LogP contribution in [-0.4, -0.2) is 26.6 Å². The maximum atomic E-state index is 5.99. The Bertz CT molecular complexity index is 772. The monoisotopic (exact) mass is 308 g/mol. The van der Waals surface area contributed by atoms with Crippen LogP contribution in [0.3, 0.4) is 0 Å². The normalized spacial score (nSPS) is 10.9. The molecule has 7 heteroatoms. The quantitative estimate of drug-likeness (QED) is 0.551. The summed E-state index contributed by atoms with van der Waals surface area (Å²) < 4.78 is 7.07. The highest BCUT2D eigenvalue weighted by Gasteiger charge is 2.11. The predicted molar refractivity (Wildman–Crippen MR) is 77.4 cm³/mol. The van der Waals surface area contributed by atoms with Gasteiger partial charge in [-0.2, -0.15) is 4.98 Å². The minimum atomic E-state index is 0.106. The predicted octanol–water partition coefficient (Wildman–Crippen LogP) is 3.19. The van der Waals surface area contributed by atoms with E-state index in [2.05, 4.69) is 15.0 Å². The Morgan fingerprint density at radius 1 is 1.25 bits per heavy atom. The van der Waals surface area contributed by atoms with Crippen molar-refractivity contribution < 1.29 is 4.74 Å². The fourth-order valence-electron chi connectivity index (χ4n) is 1.97. The van der Waals surface area contributed by atoms with E-state index in [0.717, 1.165) is 11.3 Å². The number of aromatic nitrogens is 4. The molecule has 0 aliphatic rings. The van der Waals surface area contributed by atoms with Crippen molar-refractivity contribution in [2.75, 3.05) is 7.11 Å². The highest BCUT2D eigenvalue weighted by Crippen LogP contribution is 2.22. The van der Waals surface area contributed by atoms with Gasteiger partial charge in [-0.25, -0.2) is 9.97 Å². The molecule has 2 aromatic heterocycles. The van der Waals surface area contributed by atoms with Crippen molar-refractivity contribution in [2.24, 2.45) is 0 Å². The third kappa shape index (κ3) is 2.42. The van der Waals surface area contributed by atoms with Crippen molar-refractivity contribution in [3.63, 3.8) is 0 Å². The maximum absolute atomic E-state index is 5.99. The summed E-state index contributed by atoms with van der Waals surface area (Å²) in [4.78, 5) is 12.3. The van der Waals surface area contributed by atoms with E-state index in [-0.39, 0.29) is 10.4 Å². The number of rotatable bonds is 3. The average molecular weight is 309 g/mol. The molecule has 0 N–H and O–H groups in total. The Balaban J connectivity index is 2.02. The zero-order valence-corrected chi connectivity index (χ0v) is 12.1. The third-order valence-electron chi connectivity index (χ3n) is 2.88. The standard InChI is InChI=1S/C13H10Cl2N4O/c1-20-9-4-2-3-8(5-9)6-19-7-16-10-11(14)17-13(15)18-12(10)19/h2-5,7H,6H2,1H3. The molecule has 20 heavy (non-hydrogen) atoms. The van der Waals surface area contributed by atoms with Crippen molar-refractivity contribution in [3.05, 3.63) is 46.6 Å². The third-order valence-corrected chi connectivity index (χ3v) is 3.31. The number of hydrogen-bond acceptors (Lipinski definition) is 4. The van der Waals surface area contributed by atoms with E-state index in [1.165, 1.54) is 0 Å². The van der Waals surface area contributed by atoms with E-state index in [1.54, 1.807) is 13.4 Å². The zero-order valence-electron chi connectivity index (χ0n) is 10.5. The average Bonchev–Trinajstić information content (AvgIpc) is 2.82. The molecule has 0 unspecified atom stereocenters. The second kappa shape index (κ2) is 5.26. The number of fused-ring (bicyclic) bond motifs is 1. The zero-order chi connectivity index (χ0) is 14.1. The molecule has 5 nitrogen and oxygen atoms in total. The molecule has 0 aliphatic heterocycles. The molecule has 0 amide bonds. The molecule has 2 heterocycles. The van der Waals surface area contributed by atoms with Crippen molar-refractivity contribution in [1.29, 1.82) is 0 Å². The summed E-state index contributed by atoms with van der Waals surface area (Å²) in [6.45, 7) is 0.595. The molecule has 0 aliphatic carbocycles. The summed E-state index contributed by atoms with van der Waals surface area (Å²) >= 11 is 11.8. The Morgan fingerprint density at radius 3 is 2.90 bits per heavy atom. The molecule has 0 atom stereocenters. The van der Waals surface area contributed by atoms with Gasteiger partial charge in [-0.15, -0.1) is 0 Å². The van der Waals surface area contributed by atoms with E-state index in [9.17, 15) is 0 Å². The van der Waals surface area contributed by atoms with Crippen molar-refractivity contribution >= 4 is 34.4 Å². The first-order valence-electron chi connectivity index (χ1n) is 5.84. The van der Waals surface area contributed by atoms with E-state index in [1.807, 2.05) is 28.8 Å². The molecule has 3 aromatic rings. The van der Waals surface area contributed by atoms with Crippen LogP contribution in [0.25, 0.3) is 11.2 Å². The summed E-state index contributed by atoms with van der Waals surface area (Å²) in [7, 11) is 1.64. The molecule has 102 valence electrons. The van der Waals surface area contributed by atoms with Crippen LogP contribution in [0, 0.1) is 0 Å². The molecule has 0 saturated heterocycles. The molecule has 3 rings (SSSR count). The van der Waals surface area contributed by atoms with Crippen molar-refractivity contribution in [2.45, 2.75) is 6.54 Å². The van der Waals surface area contributed by atoms with Crippen LogP contribution in [-0.2, 0) is 6.54 Å². The lowest BCUT2D eigenvalue weighted by molar-refractivity contribution is 0.414. The van der Waals surface area contributed by atoms with Crippen LogP contribution in [0.5, 0.6) is 5.75 Å². The van der Waals surface area contributed by atoms with Gasteiger partial charge in [0.1, 0.15) is 11.3 Å². The number of methoxy groups -OCH3 is 1. The van der Waals surface area contributed by atoms with Crippen LogP contribution in [0.15, 0.2) is 30.6 Å². The van der Waals surface area contributed by atoms with E-state index < -0.39 is 0 Å². The highest BCUT2D eigenvalue weighted by atomic mass is 35.5. The van der Waals surface area contributed by atoms with Gasteiger partial charge >= 0.3 is 0 Å². The van der Waals surface area contributed by atoms with Gasteiger partial charge < -0.3 is 9.30 Å². The first kappa shape index (κ1) is 13.1. The number of nitrogens with zero attached hydrogens (tertiary/aromatic N) is 4. The summed E-state index contributed by atoms with van der Waals surface area (Å²) in [5.74, 6) is 0.803. The van der Waals surface area contributed by atoms with Gasteiger partial charge in [0.05, 0.1) is 20.0 Å². The van der Waals surface area contributed by atoms with E-state index in [0.29, 0.717) is 17.7 Å². The Morgan fingerprint density at radius 2 is 2.10 bits per heavy atom. The summed E-state index contributed by atoms with van der Waals surface area (Å²) in [6, 6.07) is 7.78. The lowest BCUT2D eigenvalue weighted by atomic mass is 10.2. The SMILES string of the molecule is COc1cccc(Cn2cnc3c(Cl)nc(Cl)nc32)c1. The van der Waals surface area contributed by atoms with Crippen LogP contribution in [0.2, 0.25) is 10.4 Å². The Hall–Kier alpha value is -1.85. The van der Waals surface area contributed by atoms with Crippen LogP contribution < -0.4 is 4.74 Å². The number of halogens is 2.